The van der Waals surface area contributed by atoms with Gasteiger partial charge >= 0.3 is 0 Å². The molecule has 0 spiro atoms. The average Bonchev–Trinajstić information content (AvgIpc) is 2.36. The molecule has 2 unspecified atom stereocenters. The lowest BCUT2D eigenvalue weighted by atomic mass is 10.0. The van der Waals surface area contributed by atoms with Gasteiger partial charge in [0.05, 0.1) is 5.69 Å². The van der Waals surface area contributed by atoms with E-state index in [2.05, 4.69) is 21.6 Å². The Morgan fingerprint density at radius 2 is 2.05 bits per heavy atom. The first-order valence-electron chi connectivity index (χ1n) is 6.38. The van der Waals surface area contributed by atoms with Gasteiger partial charge in [-0.2, -0.15) is 10.4 Å². The highest BCUT2D eigenvalue weighted by molar-refractivity contribution is 7.84. The lowest BCUT2D eigenvalue weighted by molar-refractivity contribution is 0.682. The molecule has 1 heterocycles. The molecule has 0 aromatic carbocycles. The second-order valence-corrected chi connectivity index (χ2v) is 5.93. The maximum absolute atomic E-state index is 11.2. The molecule has 0 saturated heterocycles. The molecule has 0 aliphatic carbocycles. The Morgan fingerprint density at radius 3 is 2.53 bits per heavy atom. The van der Waals surface area contributed by atoms with E-state index in [9.17, 15) is 9.47 Å². The van der Waals surface area contributed by atoms with Crippen LogP contribution in [0.5, 0.6) is 0 Å². The topological polar surface area (TPSA) is 78.7 Å². The van der Waals surface area contributed by atoms with Crippen molar-refractivity contribution in [2.24, 2.45) is 0 Å². The largest absolute Gasteiger partial charge is 0.364 e. The van der Waals surface area contributed by atoms with Crippen LogP contribution in [0.4, 0.5) is 5.82 Å². The molecule has 5 nitrogen and oxygen atoms in total. The summed E-state index contributed by atoms with van der Waals surface area (Å²) in [6.45, 7) is 5.93. The molecule has 1 rings (SSSR count). The van der Waals surface area contributed by atoms with E-state index in [1.165, 1.54) is 0 Å². The van der Waals surface area contributed by atoms with Crippen LogP contribution in [0.2, 0.25) is 0 Å². The number of aryl methyl sites for hydroxylation is 1. The molecule has 0 bridgehead atoms. The fraction of sp³-hybridized carbons (Fsp3) is 0.615. The van der Waals surface area contributed by atoms with Crippen LogP contribution in [0, 0.1) is 11.3 Å². The van der Waals surface area contributed by atoms with Gasteiger partial charge in [-0.25, -0.2) is 0 Å². The van der Waals surface area contributed by atoms with Crippen LogP contribution in [0.1, 0.15) is 37.6 Å². The van der Waals surface area contributed by atoms with Crippen LogP contribution in [0.15, 0.2) is 0 Å². The standard InChI is InChI=1S/C13H20N4OS/c1-5-10-11(7-14)13(17-16-12(10)6-2)15-9(3)8-19(4)18/h9H,5-6,8H2,1-4H3,(H,15,17). The number of hydrogen-bond donors (Lipinski definition) is 1. The zero-order valence-corrected chi connectivity index (χ0v) is 12.7. The third-order valence-electron chi connectivity index (χ3n) is 2.83. The number of rotatable bonds is 6. The molecule has 104 valence electrons. The van der Waals surface area contributed by atoms with Crippen LogP contribution in [0.3, 0.4) is 0 Å². The molecule has 6 heteroatoms. The molecule has 0 saturated carbocycles. The Bertz CT molecular complexity index is 510. The third-order valence-corrected chi connectivity index (χ3v) is 3.80. The van der Waals surface area contributed by atoms with E-state index in [1.54, 1.807) is 6.26 Å². The van der Waals surface area contributed by atoms with Crippen LogP contribution >= 0.6 is 0 Å². The fourth-order valence-corrected chi connectivity index (χ4v) is 2.81. The summed E-state index contributed by atoms with van der Waals surface area (Å²) in [4.78, 5) is 0. The van der Waals surface area contributed by atoms with Crippen molar-refractivity contribution < 1.29 is 4.21 Å². The molecule has 0 fully saturated rings. The molecule has 19 heavy (non-hydrogen) atoms. The van der Waals surface area contributed by atoms with Crippen LogP contribution in [0.25, 0.3) is 0 Å². The predicted octanol–water partition coefficient (Wildman–Crippen LogP) is 1.65. The van der Waals surface area contributed by atoms with Gasteiger partial charge in [0.25, 0.3) is 0 Å². The minimum Gasteiger partial charge on any atom is -0.364 e. The van der Waals surface area contributed by atoms with Gasteiger partial charge < -0.3 is 5.32 Å². The van der Waals surface area contributed by atoms with Gasteiger partial charge in [0.1, 0.15) is 11.6 Å². The van der Waals surface area contributed by atoms with Gasteiger partial charge in [-0.15, -0.1) is 5.10 Å². The van der Waals surface area contributed by atoms with Gasteiger partial charge in [0.15, 0.2) is 5.82 Å². The van der Waals surface area contributed by atoms with Crippen molar-refractivity contribution in [1.29, 1.82) is 5.26 Å². The summed E-state index contributed by atoms with van der Waals surface area (Å²) in [5, 5.41) is 20.7. The Balaban J connectivity index is 3.09. The van der Waals surface area contributed by atoms with Crippen molar-refractivity contribution in [2.45, 2.75) is 39.7 Å². The van der Waals surface area contributed by atoms with Crippen molar-refractivity contribution in [3.8, 4) is 6.07 Å². The number of nitriles is 1. The monoisotopic (exact) mass is 280 g/mol. The molecule has 1 N–H and O–H groups in total. The van der Waals surface area contributed by atoms with Crippen LogP contribution in [-0.2, 0) is 23.6 Å². The lowest BCUT2D eigenvalue weighted by Gasteiger charge is -2.16. The van der Waals surface area contributed by atoms with Crippen molar-refractivity contribution >= 4 is 16.6 Å². The molecule has 0 radical (unpaired) electrons. The van der Waals surface area contributed by atoms with Crippen molar-refractivity contribution in [3.63, 3.8) is 0 Å². The summed E-state index contributed by atoms with van der Waals surface area (Å²) in [5.74, 6) is 1.01. The first-order chi connectivity index (χ1) is 9.03. The minimum absolute atomic E-state index is 0.00980. The summed E-state index contributed by atoms with van der Waals surface area (Å²) in [5.41, 5.74) is 2.38. The van der Waals surface area contributed by atoms with Crippen molar-refractivity contribution in [3.05, 3.63) is 16.8 Å². The number of anilines is 1. The van der Waals surface area contributed by atoms with E-state index in [0.717, 1.165) is 24.1 Å². The Hall–Kier alpha value is -1.48. The normalized spacial score (nSPS) is 13.6. The quantitative estimate of drug-likeness (QED) is 0.857. The maximum atomic E-state index is 11.2. The molecule has 0 aliphatic heterocycles. The summed E-state index contributed by atoms with van der Waals surface area (Å²) in [6, 6.07) is 2.20. The third kappa shape index (κ3) is 4.00. The van der Waals surface area contributed by atoms with E-state index in [4.69, 9.17) is 0 Å². The predicted molar refractivity (Wildman–Crippen MR) is 77.5 cm³/mol. The summed E-state index contributed by atoms with van der Waals surface area (Å²) in [7, 11) is -0.885. The van der Waals surface area contributed by atoms with E-state index < -0.39 is 10.8 Å². The van der Waals surface area contributed by atoms with E-state index >= 15 is 0 Å². The summed E-state index contributed by atoms with van der Waals surface area (Å²) in [6.07, 6.45) is 3.18. The van der Waals surface area contributed by atoms with E-state index in [0.29, 0.717) is 17.1 Å². The van der Waals surface area contributed by atoms with Gasteiger partial charge in [-0.1, -0.05) is 13.8 Å². The smallest absolute Gasteiger partial charge is 0.167 e. The number of aromatic nitrogens is 2. The highest BCUT2D eigenvalue weighted by atomic mass is 32.2. The van der Waals surface area contributed by atoms with E-state index in [1.807, 2.05) is 20.8 Å². The zero-order valence-electron chi connectivity index (χ0n) is 11.9. The zero-order chi connectivity index (χ0) is 14.4. The molecule has 1 aromatic heterocycles. The average molecular weight is 280 g/mol. The molecular formula is C13H20N4OS. The van der Waals surface area contributed by atoms with Gasteiger partial charge in [-0.05, 0) is 25.3 Å². The van der Waals surface area contributed by atoms with Gasteiger partial charge in [-0.3, -0.25) is 4.21 Å². The van der Waals surface area contributed by atoms with E-state index in [-0.39, 0.29) is 6.04 Å². The SMILES string of the molecule is CCc1nnc(NC(C)CS(C)=O)c(C#N)c1CC. The van der Waals surface area contributed by atoms with Crippen molar-refractivity contribution in [2.75, 3.05) is 17.3 Å². The fourth-order valence-electron chi connectivity index (χ4n) is 2.02. The Morgan fingerprint density at radius 1 is 1.37 bits per heavy atom. The molecular weight excluding hydrogens is 260 g/mol. The number of hydrogen-bond acceptors (Lipinski definition) is 5. The molecule has 2 atom stereocenters. The Kier molecular flexibility index (Phi) is 5.90. The second kappa shape index (κ2) is 7.19. The number of nitrogens with one attached hydrogen (secondary N) is 1. The minimum atomic E-state index is -0.885. The Labute approximate surface area is 116 Å². The first kappa shape index (κ1) is 15.6. The first-order valence-corrected chi connectivity index (χ1v) is 8.11. The van der Waals surface area contributed by atoms with Crippen LogP contribution < -0.4 is 5.32 Å². The second-order valence-electron chi connectivity index (χ2n) is 4.45. The van der Waals surface area contributed by atoms with Gasteiger partial charge in [0.2, 0.25) is 0 Å². The molecule has 1 aromatic rings. The van der Waals surface area contributed by atoms with Crippen LogP contribution in [-0.4, -0.2) is 32.5 Å². The highest BCUT2D eigenvalue weighted by Gasteiger charge is 2.16. The molecule has 0 aliphatic rings. The van der Waals surface area contributed by atoms with Crippen molar-refractivity contribution in [1.82, 2.24) is 10.2 Å². The summed E-state index contributed by atoms with van der Waals surface area (Å²) < 4.78 is 11.2. The molecule has 0 amide bonds. The number of nitrogens with zero attached hydrogens (tertiary/aromatic N) is 3. The highest BCUT2D eigenvalue weighted by Crippen LogP contribution is 2.20. The summed E-state index contributed by atoms with van der Waals surface area (Å²) >= 11 is 0. The lowest BCUT2D eigenvalue weighted by Crippen LogP contribution is -2.24. The maximum Gasteiger partial charge on any atom is 0.167 e. The van der Waals surface area contributed by atoms with Gasteiger partial charge in [0, 0.05) is 28.9 Å².